The van der Waals surface area contributed by atoms with Gasteiger partial charge in [0.2, 0.25) is 0 Å². The quantitative estimate of drug-likeness (QED) is 0.770. The highest BCUT2D eigenvalue weighted by Gasteiger charge is 2.42. The van der Waals surface area contributed by atoms with Gasteiger partial charge >= 0.3 is 0 Å². The van der Waals surface area contributed by atoms with Crippen LogP contribution in [0, 0.1) is 29.4 Å². The van der Waals surface area contributed by atoms with Crippen LogP contribution in [0.3, 0.4) is 0 Å². The van der Waals surface area contributed by atoms with E-state index in [1.165, 1.54) is 42.3 Å². The Hall–Kier alpha value is -1.09. The predicted octanol–water partition coefficient (Wildman–Crippen LogP) is 5.00. The number of fused-ring (bicyclic) bond motifs is 3. The molecular formula is C17H22N2S. The molecule has 4 unspecified atom stereocenters. The van der Waals surface area contributed by atoms with E-state index in [9.17, 15) is 0 Å². The lowest BCUT2D eigenvalue weighted by Gasteiger charge is -2.29. The maximum Gasteiger partial charge on any atom is 0.178 e. The van der Waals surface area contributed by atoms with E-state index in [4.69, 9.17) is 12.2 Å². The van der Waals surface area contributed by atoms with Crippen LogP contribution in [0.5, 0.6) is 0 Å². The summed E-state index contributed by atoms with van der Waals surface area (Å²) >= 11 is 5.62. The standard InChI is InChI=1S/C17H22N2S/c1-10-4-3-5-15-16(10)18-17(20)19(15)11(2)14-9-12-6-7-13(14)8-12/h3-5,11-14H,6-9H2,1-2H3,(H,18,20). The summed E-state index contributed by atoms with van der Waals surface area (Å²) in [5, 5.41) is 0. The number of hydrogen-bond donors (Lipinski definition) is 1. The number of nitrogens with zero attached hydrogens (tertiary/aromatic N) is 1. The smallest absolute Gasteiger partial charge is 0.178 e. The van der Waals surface area contributed by atoms with Crippen molar-refractivity contribution in [2.24, 2.45) is 17.8 Å². The first kappa shape index (κ1) is 12.6. The Labute approximate surface area is 125 Å². The van der Waals surface area contributed by atoms with Crippen LogP contribution in [0.1, 0.15) is 44.2 Å². The van der Waals surface area contributed by atoms with Gasteiger partial charge in [0, 0.05) is 6.04 Å². The van der Waals surface area contributed by atoms with Crippen molar-refractivity contribution in [3.63, 3.8) is 0 Å². The van der Waals surface area contributed by atoms with E-state index in [0.717, 1.165) is 22.5 Å². The largest absolute Gasteiger partial charge is 0.330 e. The van der Waals surface area contributed by atoms with Gasteiger partial charge in [0.05, 0.1) is 11.0 Å². The van der Waals surface area contributed by atoms with Crippen molar-refractivity contribution in [1.82, 2.24) is 9.55 Å². The lowest BCUT2D eigenvalue weighted by atomic mass is 9.84. The van der Waals surface area contributed by atoms with Crippen molar-refractivity contribution in [3.8, 4) is 0 Å². The lowest BCUT2D eigenvalue weighted by Crippen LogP contribution is -2.22. The Kier molecular flexibility index (Phi) is 2.81. The molecule has 1 heterocycles. The van der Waals surface area contributed by atoms with Crippen LogP contribution in [0.25, 0.3) is 11.0 Å². The zero-order valence-electron chi connectivity index (χ0n) is 12.2. The number of nitrogens with one attached hydrogen (secondary N) is 1. The van der Waals surface area contributed by atoms with Crippen LogP contribution in [-0.4, -0.2) is 9.55 Å². The molecule has 0 radical (unpaired) electrons. The molecule has 2 nitrogen and oxygen atoms in total. The number of para-hydroxylation sites is 1. The number of imidazole rings is 1. The molecule has 0 saturated heterocycles. The fourth-order valence-corrected chi connectivity index (χ4v) is 5.14. The van der Waals surface area contributed by atoms with Crippen LogP contribution < -0.4 is 0 Å². The number of aryl methyl sites for hydroxylation is 1. The molecule has 2 aliphatic rings. The minimum absolute atomic E-state index is 0.522. The molecule has 2 saturated carbocycles. The monoisotopic (exact) mass is 286 g/mol. The third-order valence-corrected chi connectivity index (χ3v) is 6.08. The first-order valence-corrected chi connectivity index (χ1v) is 8.26. The van der Waals surface area contributed by atoms with E-state index in [1.807, 2.05) is 0 Å². The number of H-pyrrole nitrogens is 1. The highest BCUT2D eigenvalue weighted by atomic mass is 32.1. The molecule has 2 aromatic rings. The van der Waals surface area contributed by atoms with E-state index in [0.29, 0.717) is 6.04 Å². The Bertz CT molecular complexity index is 711. The Morgan fingerprint density at radius 2 is 2.15 bits per heavy atom. The number of aromatic amines is 1. The summed E-state index contributed by atoms with van der Waals surface area (Å²) in [6.45, 7) is 4.52. The minimum atomic E-state index is 0.522. The molecule has 4 rings (SSSR count). The van der Waals surface area contributed by atoms with Crippen LogP contribution in [0.2, 0.25) is 0 Å². The lowest BCUT2D eigenvalue weighted by molar-refractivity contribution is 0.245. The Morgan fingerprint density at radius 1 is 1.30 bits per heavy atom. The second-order valence-electron chi connectivity index (χ2n) is 6.85. The molecule has 2 fully saturated rings. The zero-order chi connectivity index (χ0) is 13.9. The molecule has 3 heteroatoms. The van der Waals surface area contributed by atoms with Crippen LogP contribution in [0.15, 0.2) is 18.2 Å². The molecule has 1 aromatic heterocycles. The molecule has 106 valence electrons. The van der Waals surface area contributed by atoms with Gasteiger partial charge in [0.1, 0.15) is 0 Å². The van der Waals surface area contributed by atoms with E-state index in [2.05, 4.69) is 41.6 Å². The molecule has 1 N–H and O–H groups in total. The maximum atomic E-state index is 5.62. The summed E-state index contributed by atoms with van der Waals surface area (Å²) in [6.07, 6.45) is 5.77. The summed E-state index contributed by atoms with van der Waals surface area (Å²) in [7, 11) is 0. The van der Waals surface area contributed by atoms with Gasteiger partial charge < -0.3 is 9.55 Å². The molecule has 0 amide bonds. The van der Waals surface area contributed by atoms with E-state index < -0.39 is 0 Å². The third-order valence-electron chi connectivity index (χ3n) is 5.78. The van der Waals surface area contributed by atoms with Gasteiger partial charge in [0.25, 0.3) is 0 Å². The summed E-state index contributed by atoms with van der Waals surface area (Å²) in [6, 6.07) is 7.02. The number of rotatable bonds is 2. The van der Waals surface area contributed by atoms with Gasteiger partial charge in [-0.25, -0.2) is 0 Å². The molecule has 1 aromatic carbocycles. The number of hydrogen-bond acceptors (Lipinski definition) is 1. The van der Waals surface area contributed by atoms with Crippen molar-refractivity contribution >= 4 is 23.3 Å². The highest BCUT2D eigenvalue weighted by Crippen LogP contribution is 2.52. The van der Waals surface area contributed by atoms with E-state index in [1.54, 1.807) is 0 Å². The molecule has 20 heavy (non-hydrogen) atoms. The summed E-state index contributed by atoms with van der Waals surface area (Å²) in [5.41, 5.74) is 3.78. The molecule has 4 atom stereocenters. The molecule has 2 aliphatic carbocycles. The van der Waals surface area contributed by atoms with Crippen molar-refractivity contribution in [1.29, 1.82) is 0 Å². The fraction of sp³-hybridized carbons (Fsp3) is 0.588. The second kappa shape index (κ2) is 4.45. The third kappa shape index (κ3) is 1.72. The van der Waals surface area contributed by atoms with E-state index >= 15 is 0 Å². The van der Waals surface area contributed by atoms with Crippen molar-refractivity contribution < 1.29 is 0 Å². The molecular weight excluding hydrogens is 264 g/mol. The average molecular weight is 286 g/mol. The first-order valence-electron chi connectivity index (χ1n) is 7.85. The molecule has 0 spiro atoms. The summed E-state index contributed by atoms with van der Waals surface area (Å²) in [5.74, 6) is 2.75. The van der Waals surface area contributed by atoms with Gasteiger partial charge in [-0.2, -0.15) is 0 Å². The maximum absolute atomic E-state index is 5.62. The Morgan fingerprint density at radius 3 is 2.85 bits per heavy atom. The number of benzene rings is 1. The number of aromatic nitrogens is 2. The van der Waals surface area contributed by atoms with Gasteiger partial charge in [-0.05, 0) is 74.7 Å². The zero-order valence-corrected chi connectivity index (χ0v) is 13.0. The van der Waals surface area contributed by atoms with Gasteiger partial charge in [-0.1, -0.05) is 18.6 Å². The first-order chi connectivity index (χ1) is 9.65. The van der Waals surface area contributed by atoms with Crippen molar-refractivity contribution in [2.75, 3.05) is 0 Å². The topological polar surface area (TPSA) is 20.7 Å². The predicted molar refractivity (Wildman–Crippen MR) is 85.5 cm³/mol. The van der Waals surface area contributed by atoms with Gasteiger partial charge in [-0.15, -0.1) is 0 Å². The van der Waals surface area contributed by atoms with Crippen LogP contribution in [0.4, 0.5) is 0 Å². The average Bonchev–Trinajstić information content (AvgIpc) is 3.11. The van der Waals surface area contributed by atoms with Gasteiger partial charge in [-0.3, -0.25) is 0 Å². The van der Waals surface area contributed by atoms with Crippen molar-refractivity contribution in [2.45, 2.75) is 45.6 Å². The SMILES string of the molecule is Cc1cccc2c1[nH]c(=S)n2C(C)C1CC2CCC1C2. The molecule has 2 bridgehead atoms. The summed E-state index contributed by atoms with van der Waals surface area (Å²) < 4.78 is 3.27. The van der Waals surface area contributed by atoms with Crippen molar-refractivity contribution in [3.05, 3.63) is 28.5 Å². The Balaban J connectivity index is 1.80. The second-order valence-corrected chi connectivity index (χ2v) is 7.24. The highest BCUT2D eigenvalue weighted by molar-refractivity contribution is 7.71. The fourth-order valence-electron chi connectivity index (χ4n) is 4.77. The molecule has 0 aliphatic heterocycles. The van der Waals surface area contributed by atoms with Crippen LogP contribution >= 0.6 is 12.2 Å². The summed E-state index contributed by atoms with van der Waals surface area (Å²) in [4.78, 5) is 3.42. The van der Waals surface area contributed by atoms with Gasteiger partial charge in [0.15, 0.2) is 4.77 Å². The normalized spacial score (nSPS) is 30.2. The van der Waals surface area contributed by atoms with E-state index in [-0.39, 0.29) is 0 Å². The minimum Gasteiger partial charge on any atom is -0.330 e. The van der Waals surface area contributed by atoms with Crippen LogP contribution in [-0.2, 0) is 0 Å².